The number of hydrogen-bond donors (Lipinski definition) is 4. The van der Waals surface area contributed by atoms with E-state index in [4.69, 9.17) is 10.5 Å². The summed E-state index contributed by atoms with van der Waals surface area (Å²) in [5.41, 5.74) is 6.21. The Hall–Kier alpha value is -1.99. The Morgan fingerprint density at radius 1 is 1.32 bits per heavy atom. The van der Waals surface area contributed by atoms with E-state index in [1.807, 2.05) is 0 Å². The Bertz CT molecular complexity index is 591. The molecule has 140 valence electrons. The van der Waals surface area contributed by atoms with Crippen molar-refractivity contribution in [1.29, 1.82) is 0 Å². The fourth-order valence-corrected chi connectivity index (χ4v) is 3.09. The number of carbonyl (C=O) groups excluding carboxylic acids is 2. The number of anilines is 2. The van der Waals surface area contributed by atoms with E-state index < -0.39 is 6.03 Å². The Morgan fingerprint density at radius 3 is 2.60 bits per heavy atom. The van der Waals surface area contributed by atoms with Crippen LogP contribution in [0.15, 0.2) is 18.2 Å². The summed E-state index contributed by atoms with van der Waals surface area (Å²) in [6, 6.07) is 4.36. The Morgan fingerprint density at radius 2 is 2.00 bits per heavy atom. The van der Waals surface area contributed by atoms with Crippen molar-refractivity contribution in [3.05, 3.63) is 18.2 Å². The topological polar surface area (TPSA) is 105 Å². The largest absolute Gasteiger partial charge is 0.494 e. The molecule has 1 atom stereocenters. The van der Waals surface area contributed by atoms with Crippen LogP contribution in [0.2, 0.25) is 0 Å². The van der Waals surface area contributed by atoms with Gasteiger partial charge in [0.25, 0.3) is 0 Å². The molecule has 5 N–H and O–H groups in total. The summed E-state index contributed by atoms with van der Waals surface area (Å²) in [7, 11) is 1.49. The van der Waals surface area contributed by atoms with E-state index in [0.717, 1.165) is 25.9 Å². The van der Waals surface area contributed by atoms with Gasteiger partial charge in [-0.2, -0.15) is 0 Å². The number of nitrogens with one attached hydrogen (secondary N) is 3. The van der Waals surface area contributed by atoms with Gasteiger partial charge in [0.2, 0.25) is 5.91 Å². The maximum absolute atomic E-state index is 12.3. The van der Waals surface area contributed by atoms with E-state index in [1.54, 1.807) is 18.2 Å². The van der Waals surface area contributed by atoms with Crippen LogP contribution in [0.4, 0.5) is 16.2 Å². The average Bonchev–Trinajstić information content (AvgIpc) is 2.56. The van der Waals surface area contributed by atoms with Crippen LogP contribution in [-0.2, 0) is 4.79 Å². The molecular formula is C17H27ClN4O3. The third-order valence-corrected chi connectivity index (χ3v) is 4.44. The monoisotopic (exact) mass is 370 g/mol. The number of carbonyl (C=O) groups is 2. The van der Waals surface area contributed by atoms with E-state index in [1.165, 1.54) is 7.11 Å². The Kier molecular flexibility index (Phi) is 8.51. The molecule has 1 unspecified atom stereocenters. The van der Waals surface area contributed by atoms with Crippen molar-refractivity contribution in [3.63, 3.8) is 0 Å². The first-order valence-corrected chi connectivity index (χ1v) is 8.24. The minimum absolute atomic E-state index is 0. The Labute approximate surface area is 154 Å². The van der Waals surface area contributed by atoms with Crippen LogP contribution in [0.25, 0.3) is 0 Å². The molecule has 2 rings (SSSR count). The van der Waals surface area contributed by atoms with Crippen molar-refractivity contribution in [2.75, 3.05) is 30.8 Å². The highest BCUT2D eigenvalue weighted by Crippen LogP contribution is 2.29. The zero-order chi connectivity index (χ0) is 17.5. The van der Waals surface area contributed by atoms with Gasteiger partial charge in [0, 0.05) is 18.2 Å². The fraction of sp³-hybridized carbons (Fsp3) is 0.529. The fourth-order valence-electron chi connectivity index (χ4n) is 3.09. The minimum Gasteiger partial charge on any atom is -0.494 e. The molecule has 8 heteroatoms. The molecule has 0 spiro atoms. The lowest BCUT2D eigenvalue weighted by Gasteiger charge is -2.27. The maximum Gasteiger partial charge on any atom is 0.316 e. The second-order valence-corrected chi connectivity index (χ2v) is 6.22. The van der Waals surface area contributed by atoms with Crippen molar-refractivity contribution < 1.29 is 14.3 Å². The van der Waals surface area contributed by atoms with E-state index in [9.17, 15) is 9.59 Å². The summed E-state index contributed by atoms with van der Waals surface area (Å²) in [4.78, 5) is 23.2. The molecular weight excluding hydrogens is 344 g/mol. The van der Waals surface area contributed by atoms with Gasteiger partial charge in [0.1, 0.15) is 5.75 Å². The molecule has 0 radical (unpaired) electrons. The number of hydrogen-bond acceptors (Lipinski definition) is 4. The van der Waals surface area contributed by atoms with Crippen molar-refractivity contribution in [2.45, 2.75) is 26.2 Å². The normalized spacial score (nSPS) is 15.6. The van der Waals surface area contributed by atoms with Crippen molar-refractivity contribution in [1.82, 2.24) is 5.32 Å². The predicted octanol–water partition coefficient (Wildman–Crippen LogP) is 2.57. The number of primary amides is 1. The lowest BCUT2D eigenvalue weighted by molar-refractivity contribution is -0.117. The van der Waals surface area contributed by atoms with Gasteiger partial charge in [0.05, 0.1) is 12.8 Å². The SMILES string of the molecule is COc1cc(NC(=O)CC(C)C2CCNCC2)ccc1NC(N)=O.Cl. The van der Waals surface area contributed by atoms with Gasteiger partial charge in [0.15, 0.2) is 0 Å². The molecule has 25 heavy (non-hydrogen) atoms. The van der Waals surface area contributed by atoms with Gasteiger partial charge < -0.3 is 26.4 Å². The molecule has 7 nitrogen and oxygen atoms in total. The summed E-state index contributed by atoms with van der Waals surface area (Å²) in [5.74, 6) is 1.37. The summed E-state index contributed by atoms with van der Waals surface area (Å²) in [6.07, 6.45) is 2.74. The molecule has 1 heterocycles. The van der Waals surface area contributed by atoms with Crippen molar-refractivity contribution >= 4 is 35.7 Å². The second kappa shape index (κ2) is 10.1. The van der Waals surface area contributed by atoms with Crippen LogP contribution < -0.4 is 26.4 Å². The maximum atomic E-state index is 12.3. The molecule has 1 aromatic rings. The number of piperidine rings is 1. The minimum atomic E-state index is -0.666. The van der Waals surface area contributed by atoms with Gasteiger partial charge in [-0.1, -0.05) is 6.92 Å². The molecule has 1 saturated heterocycles. The van der Waals surface area contributed by atoms with Crippen molar-refractivity contribution in [3.8, 4) is 5.75 Å². The first kappa shape index (κ1) is 21.1. The van der Waals surface area contributed by atoms with Gasteiger partial charge in [-0.25, -0.2) is 4.79 Å². The highest BCUT2D eigenvalue weighted by Gasteiger charge is 2.22. The number of methoxy groups -OCH3 is 1. The predicted molar refractivity (Wildman–Crippen MR) is 101 cm³/mol. The van der Waals surface area contributed by atoms with Crippen LogP contribution in [-0.4, -0.2) is 32.1 Å². The highest BCUT2D eigenvalue weighted by atomic mass is 35.5. The number of urea groups is 1. The van der Waals surface area contributed by atoms with E-state index in [0.29, 0.717) is 35.4 Å². The van der Waals surface area contributed by atoms with E-state index >= 15 is 0 Å². The first-order chi connectivity index (χ1) is 11.5. The van der Waals surface area contributed by atoms with E-state index in [2.05, 4.69) is 22.9 Å². The smallest absolute Gasteiger partial charge is 0.316 e. The summed E-state index contributed by atoms with van der Waals surface area (Å²) >= 11 is 0. The zero-order valence-corrected chi connectivity index (χ0v) is 15.4. The third kappa shape index (κ3) is 6.43. The number of ether oxygens (including phenoxy) is 1. The highest BCUT2D eigenvalue weighted by molar-refractivity contribution is 5.93. The van der Waals surface area contributed by atoms with Gasteiger partial charge in [-0.3, -0.25) is 4.79 Å². The standard InChI is InChI=1S/C17H26N4O3.ClH/c1-11(12-5-7-19-8-6-12)9-16(22)20-13-3-4-14(21-17(18)23)15(10-13)24-2;/h3-4,10-12,19H,5-9H2,1-2H3,(H,20,22)(H3,18,21,23);1H. The quantitative estimate of drug-likeness (QED) is 0.617. The number of amides is 3. The summed E-state index contributed by atoms with van der Waals surface area (Å²) in [6.45, 7) is 4.19. The average molecular weight is 371 g/mol. The second-order valence-electron chi connectivity index (χ2n) is 6.22. The molecule has 0 bridgehead atoms. The number of halogens is 1. The van der Waals surface area contributed by atoms with Gasteiger partial charge >= 0.3 is 6.03 Å². The van der Waals surface area contributed by atoms with Crippen LogP contribution in [0.1, 0.15) is 26.2 Å². The van der Waals surface area contributed by atoms with E-state index in [-0.39, 0.29) is 18.3 Å². The van der Waals surface area contributed by atoms with Crippen LogP contribution >= 0.6 is 12.4 Å². The van der Waals surface area contributed by atoms with Gasteiger partial charge in [-0.15, -0.1) is 12.4 Å². The molecule has 0 saturated carbocycles. The molecule has 1 fully saturated rings. The molecule has 1 aliphatic heterocycles. The molecule has 0 aromatic heterocycles. The number of nitrogens with two attached hydrogens (primary N) is 1. The van der Waals surface area contributed by atoms with Gasteiger partial charge in [-0.05, 0) is 49.9 Å². The van der Waals surface area contributed by atoms with Crippen LogP contribution in [0.5, 0.6) is 5.75 Å². The van der Waals surface area contributed by atoms with Crippen LogP contribution in [0, 0.1) is 11.8 Å². The molecule has 1 aromatic carbocycles. The number of benzene rings is 1. The van der Waals surface area contributed by atoms with Crippen LogP contribution in [0.3, 0.4) is 0 Å². The third-order valence-electron chi connectivity index (χ3n) is 4.44. The summed E-state index contributed by atoms with van der Waals surface area (Å²) in [5, 5.41) is 8.70. The molecule has 3 amide bonds. The lowest BCUT2D eigenvalue weighted by atomic mass is 9.84. The lowest BCUT2D eigenvalue weighted by Crippen LogP contribution is -2.32. The molecule has 0 aliphatic carbocycles. The summed E-state index contributed by atoms with van der Waals surface area (Å²) < 4.78 is 5.22. The number of rotatable bonds is 6. The Balaban J connectivity index is 0.00000312. The molecule has 1 aliphatic rings. The first-order valence-electron chi connectivity index (χ1n) is 8.24. The zero-order valence-electron chi connectivity index (χ0n) is 14.6. The van der Waals surface area contributed by atoms with Crippen molar-refractivity contribution in [2.24, 2.45) is 17.6 Å².